The van der Waals surface area contributed by atoms with Crippen molar-refractivity contribution >= 4 is 16.8 Å². The smallest absolute Gasteiger partial charge is 0.231 e. The fourth-order valence-corrected chi connectivity index (χ4v) is 5.15. The van der Waals surface area contributed by atoms with Crippen LogP contribution in [0.4, 0.5) is 4.39 Å². The van der Waals surface area contributed by atoms with Gasteiger partial charge >= 0.3 is 0 Å². The minimum absolute atomic E-state index is 0.0312. The first-order chi connectivity index (χ1) is 15.1. The molecule has 2 aromatic carbocycles. The molecule has 0 bridgehead atoms. The number of aryl methyl sites for hydroxylation is 1. The first-order valence-corrected chi connectivity index (χ1v) is 10.9. The first-order valence-electron chi connectivity index (χ1n) is 10.9. The predicted octanol–water partition coefficient (Wildman–Crippen LogP) is 4.56. The monoisotopic (exact) mass is 422 g/mol. The van der Waals surface area contributed by atoms with E-state index in [1.54, 1.807) is 19.2 Å². The van der Waals surface area contributed by atoms with Crippen molar-refractivity contribution in [3.63, 3.8) is 0 Å². The second kappa shape index (κ2) is 8.00. The van der Waals surface area contributed by atoms with Crippen molar-refractivity contribution in [3.8, 4) is 5.75 Å². The van der Waals surface area contributed by atoms with E-state index in [-0.39, 0.29) is 17.8 Å². The maximum absolute atomic E-state index is 13.8. The standard InChI is InChI=1S/C25H27FN2O3/c1-30-18-8-5-16(6-9-18)25(11-13-31-14-12-25)24(29)28-22-4-2-3-19-20-15-17(26)7-10-21(20)27-23(19)22/h5-10,15,22,27H,2-4,11-14H2,1H3,(H,28,29)/t22-/m0/s1. The molecule has 5 nitrogen and oxygen atoms in total. The Labute approximate surface area is 180 Å². The van der Waals surface area contributed by atoms with Crippen molar-refractivity contribution in [2.75, 3.05) is 20.3 Å². The molecule has 1 aromatic heterocycles. The molecule has 3 aromatic rings. The van der Waals surface area contributed by atoms with Gasteiger partial charge in [-0.1, -0.05) is 12.1 Å². The summed E-state index contributed by atoms with van der Waals surface area (Å²) in [5, 5.41) is 4.26. The molecule has 162 valence electrons. The van der Waals surface area contributed by atoms with Gasteiger partial charge in [-0.05, 0) is 73.6 Å². The maximum Gasteiger partial charge on any atom is 0.231 e. The molecule has 1 amide bonds. The Morgan fingerprint density at radius 3 is 2.71 bits per heavy atom. The number of aromatic amines is 1. The van der Waals surface area contributed by atoms with E-state index < -0.39 is 5.41 Å². The zero-order valence-electron chi connectivity index (χ0n) is 17.7. The van der Waals surface area contributed by atoms with E-state index in [2.05, 4.69) is 10.3 Å². The van der Waals surface area contributed by atoms with Gasteiger partial charge in [0.05, 0.1) is 18.6 Å². The van der Waals surface area contributed by atoms with Crippen molar-refractivity contribution in [1.29, 1.82) is 0 Å². The number of fused-ring (bicyclic) bond motifs is 3. The summed E-state index contributed by atoms with van der Waals surface area (Å²) in [5.74, 6) is 0.568. The Bertz CT molecular complexity index is 1100. The number of methoxy groups -OCH3 is 1. The van der Waals surface area contributed by atoms with Crippen LogP contribution in [0, 0.1) is 5.82 Å². The van der Waals surface area contributed by atoms with Gasteiger partial charge in [0.25, 0.3) is 0 Å². The lowest BCUT2D eigenvalue weighted by atomic mass is 9.73. The van der Waals surface area contributed by atoms with Crippen LogP contribution in [-0.4, -0.2) is 31.2 Å². The first kappa shape index (κ1) is 20.1. The van der Waals surface area contributed by atoms with Crippen LogP contribution in [0.3, 0.4) is 0 Å². The lowest BCUT2D eigenvalue weighted by molar-refractivity contribution is -0.131. The van der Waals surface area contributed by atoms with E-state index in [1.165, 1.54) is 6.07 Å². The Hall–Kier alpha value is -2.86. The number of amides is 1. The highest BCUT2D eigenvalue weighted by Crippen LogP contribution is 2.39. The van der Waals surface area contributed by atoms with Crippen LogP contribution in [-0.2, 0) is 21.4 Å². The number of hydrogen-bond donors (Lipinski definition) is 2. The van der Waals surface area contributed by atoms with Gasteiger partial charge in [0.2, 0.25) is 5.91 Å². The van der Waals surface area contributed by atoms with E-state index in [0.29, 0.717) is 26.1 Å². The van der Waals surface area contributed by atoms with E-state index in [1.807, 2.05) is 24.3 Å². The molecule has 0 unspecified atom stereocenters. The molecule has 1 atom stereocenters. The summed E-state index contributed by atoms with van der Waals surface area (Å²) in [6.07, 6.45) is 4.00. The third kappa shape index (κ3) is 3.49. The molecule has 1 aliphatic carbocycles. The number of rotatable bonds is 4. The van der Waals surface area contributed by atoms with E-state index in [9.17, 15) is 9.18 Å². The van der Waals surface area contributed by atoms with E-state index in [4.69, 9.17) is 9.47 Å². The highest BCUT2D eigenvalue weighted by atomic mass is 19.1. The molecule has 0 spiro atoms. The Morgan fingerprint density at radius 1 is 1.19 bits per heavy atom. The highest BCUT2D eigenvalue weighted by molar-refractivity contribution is 5.90. The van der Waals surface area contributed by atoms with Gasteiger partial charge in [0.15, 0.2) is 0 Å². The van der Waals surface area contributed by atoms with Crippen LogP contribution in [0.5, 0.6) is 5.75 Å². The lowest BCUT2D eigenvalue weighted by Crippen LogP contribution is -2.49. The summed E-state index contributed by atoms with van der Waals surface area (Å²) in [4.78, 5) is 17.2. The third-order valence-electron chi connectivity index (χ3n) is 6.90. The number of H-pyrrole nitrogens is 1. The fraction of sp³-hybridized carbons (Fsp3) is 0.400. The van der Waals surface area contributed by atoms with Crippen molar-refractivity contribution in [2.45, 2.75) is 43.6 Å². The van der Waals surface area contributed by atoms with Gasteiger partial charge in [-0.25, -0.2) is 4.39 Å². The number of ether oxygens (including phenoxy) is 2. The Kier molecular flexibility index (Phi) is 5.18. The summed E-state index contributed by atoms with van der Waals surface area (Å²) in [5.41, 5.74) is 3.42. The SMILES string of the molecule is COc1ccc(C2(C(=O)N[C@H]3CCCc4c3[nH]c3ccc(F)cc43)CCOCC2)cc1. The molecule has 2 aliphatic rings. The zero-order chi connectivity index (χ0) is 21.4. The normalized spacial score (nSPS) is 20.3. The average Bonchev–Trinajstić information content (AvgIpc) is 3.18. The summed E-state index contributed by atoms with van der Waals surface area (Å²) in [6, 6.07) is 12.5. The molecule has 31 heavy (non-hydrogen) atoms. The van der Waals surface area contributed by atoms with Gasteiger partial charge in [0.1, 0.15) is 11.6 Å². The van der Waals surface area contributed by atoms with E-state index >= 15 is 0 Å². The number of carbonyl (C=O) groups excluding carboxylic acids is 1. The molecule has 1 fully saturated rings. The highest BCUT2D eigenvalue weighted by Gasteiger charge is 2.43. The van der Waals surface area contributed by atoms with Gasteiger partial charge in [0, 0.05) is 29.8 Å². The maximum atomic E-state index is 13.8. The van der Waals surface area contributed by atoms with Gasteiger partial charge < -0.3 is 19.8 Å². The number of nitrogens with one attached hydrogen (secondary N) is 2. The third-order valence-corrected chi connectivity index (χ3v) is 6.90. The number of hydrogen-bond acceptors (Lipinski definition) is 3. The summed E-state index contributed by atoms with van der Waals surface area (Å²) in [7, 11) is 1.64. The number of halogens is 1. The molecule has 1 saturated heterocycles. The van der Waals surface area contributed by atoms with Gasteiger partial charge in [-0.2, -0.15) is 0 Å². The minimum atomic E-state index is -0.625. The molecule has 5 rings (SSSR count). The predicted molar refractivity (Wildman–Crippen MR) is 117 cm³/mol. The molecular weight excluding hydrogens is 395 g/mol. The van der Waals surface area contributed by atoms with Gasteiger partial charge in [-0.15, -0.1) is 0 Å². The van der Waals surface area contributed by atoms with Crippen LogP contribution < -0.4 is 10.1 Å². The second-order valence-corrected chi connectivity index (χ2v) is 8.55. The topological polar surface area (TPSA) is 63.3 Å². The molecular formula is C25H27FN2O3. The molecule has 6 heteroatoms. The van der Waals surface area contributed by atoms with Crippen LogP contribution in [0.25, 0.3) is 10.9 Å². The Morgan fingerprint density at radius 2 is 1.97 bits per heavy atom. The molecule has 1 aliphatic heterocycles. The molecule has 0 saturated carbocycles. The van der Waals surface area contributed by atoms with Crippen LogP contribution in [0.15, 0.2) is 42.5 Å². The van der Waals surface area contributed by atoms with Crippen molar-refractivity contribution in [2.24, 2.45) is 0 Å². The Balaban J connectivity index is 1.47. The fourth-order valence-electron chi connectivity index (χ4n) is 5.15. The van der Waals surface area contributed by atoms with Crippen LogP contribution in [0.1, 0.15) is 48.5 Å². The molecule has 2 heterocycles. The van der Waals surface area contributed by atoms with Crippen molar-refractivity contribution < 1.29 is 18.7 Å². The quantitative estimate of drug-likeness (QED) is 0.648. The summed E-state index contributed by atoms with van der Waals surface area (Å²) >= 11 is 0. The van der Waals surface area contributed by atoms with Crippen molar-refractivity contribution in [3.05, 3.63) is 65.1 Å². The summed E-state index contributed by atoms with van der Waals surface area (Å²) < 4.78 is 24.7. The van der Waals surface area contributed by atoms with Crippen molar-refractivity contribution in [1.82, 2.24) is 10.3 Å². The molecule has 2 N–H and O–H groups in total. The second-order valence-electron chi connectivity index (χ2n) is 8.55. The number of carbonyl (C=O) groups is 1. The largest absolute Gasteiger partial charge is 0.497 e. The van der Waals surface area contributed by atoms with Gasteiger partial charge in [-0.3, -0.25) is 4.79 Å². The van der Waals surface area contributed by atoms with E-state index in [0.717, 1.165) is 52.7 Å². The minimum Gasteiger partial charge on any atom is -0.497 e. The molecule has 0 radical (unpaired) electrons. The summed E-state index contributed by atoms with van der Waals surface area (Å²) in [6.45, 7) is 1.11. The van der Waals surface area contributed by atoms with Crippen LogP contribution in [0.2, 0.25) is 0 Å². The lowest BCUT2D eigenvalue weighted by Gasteiger charge is -2.38. The average molecular weight is 423 g/mol. The van der Waals surface area contributed by atoms with Crippen LogP contribution >= 0.6 is 0 Å². The number of benzene rings is 2. The number of aromatic nitrogens is 1. The zero-order valence-corrected chi connectivity index (χ0v) is 17.7.